The quantitative estimate of drug-likeness (QED) is 0.662. The number of H-pyrrole nitrogens is 2. The van der Waals surface area contributed by atoms with Crippen molar-refractivity contribution in [2.75, 3.05) is 5.32 Å². The van der Waals surface area contributed by atoms with E-state index in [2.05, 4.69) is 30.5 Å². The molecule has 0 saturated carbocycles. The maximum atomic E-state index is 12.4. The van der Waals surface area contributed by atoms with Gasteiger partial charge in [-0.05, 0) is 30.9 Å². The standard InChI is InChI=1S/C14H14N6O/c21-13(8-1-2-10-9(5-8)6-16-20-10)19-14-17-11-3-4-15-7-12(11)18-14/h3-4,6-8H,1-2,5H2,(H,16,20)(H2,17,18,19,21). The average molecular weight is 282 g/mol. The SMILES string of the molecule is O=C(Nc1nc2ccncc2[nH]1)C1CCc2[nH]ncc2C1. The number of nitrogens with one attached hydrogen (secondary N) is 3. The summed E-state index contributed by atoms with van der Waals surface area (Å²) in [6.07, 6.45) is 7.58. The summed E-state index contributed by atoms with van der Waals surface area (Å²) in [6.45, 7) is 0. The second-order valence-electron chi connectivity index (χ2n) is 5.28. The number of amides is 1. The molecule has 3 aromatic heterocycles. The summed E-state index contributed by atoms with van der Waals surface area (Å²) in [4.78, 5) is 23.8. The van der Waals surface area contributed by atoms with Gasteiger partial charge in [-0.15, -0.1) is 0 Å². The molecule has 0 radical (unpaired) electrons. The van der Waals surface area contributed by atoms with Crippen molar-refractivity contribution < 1.29 is 4.79 Å². The minimum absolute atomic E-state index is 0.00568. The molecule has 0 aliphatic heterocycles. The van der Waals surface area contributed by atoms with E-state index in [-0.39, 0.29) is 11.8 Å². The molecule has 1 amide bonds. The number of pyridine rings is 1. The number of fused-ring (bicyclic) bond motifs is 2. The molecule has 1 unspecified atom stereocenters. The maximum Gasteiger partial charge on any atom is 0.230 e. The highest BCUT2D eigenvalue weighted by molar-refractivity contribution is 5.92. The first kappa shape index (κ1) is 12.1. The normalized spacial score (nSPS) is 17.6. The number of carbonyl (C=O) groups is 1. The molecule has 1 aliphatic carbocycles. The van der Waals surface area contributed by atoms with Crippen LogP contribution in [0.5, 0.6) is 0 Å². The van der Waals surface area contributed by atoms with Crippen molar-refractivity contribution in [1.82, 2.24) is 25.1 Å². The molecule has 0 fully saturated rings. The molecule has 3 aromatic rings. The van der Waals surface area contributed by atoms with Crippen LogP contribution in [0.3, 0.4) is 0 Å². The fourth-order valence-electron chi connectivity index (χ4n) is 2.77. The second kappa shape index (κ2) is 4.69. The van der Waals surface area contributed by atoms with Gasteiger partial charge in [0, 0.05) is 17.8 Å². The number of aromatic nitrogens is 5. The molecule has 0 bridgehead atoms. The Labute approximate surface area is 120 Å². The van der Waals surface area contributed by atoms with Gasteiger partial charge < -0.3 is 4.98 Å². The van der Waals surface area contributed by atoms with E-state index in [1.165, 1.54) is 0 Å². The third kappa shape index (κ3) is 2.16. The van der Waals surface area contributed by atoms with Crippen LogP contribution in [0, 0.1) is 5.92 Å². The van der Waals surface area contributed by atoms with Gasteiger partial charge in [0.15, 0.2) is 0 Å². The van der Waals surface area contributed by atoms with Crippen LogP contribution in [0.4, 0.5) is 5.95 Å². The Morgan fingerprint density at radius 3 is 3.24 bits per heavy atom. The van der Waals surface area contributed by atoms with Gasteiger partial charge in [0.25, 0.3) is 0 Å². The van der Waals surface area contributed by atoms with E-state index < -0.39 is 0 Å². The Hall–Kier alpha value is -2.70. The van der Waals surface area contributed by atoms with Crippen LogP contribution >= 0.6 is 0 Å². The Morgan fingerprint density at radius 1 is 1.38 bits per heavy atom. The molecular formula is C14H14N6O. The Kier molecular flexibility index (Phi) is 2.70. The van der Waals surface area contributed by atoms with E-state index in [9.17, 15) is 4.79 Å². The molecule has 21 heavy (non-hydrogen) atoms. The molecule has 1 aliphatic rings. The molecule has 106 valence electrons. The van der Waals surface area contributed by atoms with Crippen LogP contribution in [-0.4, -0.2) is 31.1 Å². The van der Waals surface area contributed by atoms with Gasteiger partial charge in [-0.3, -0.25) is 20.2 Å². The maximum absolute atomic E-state index is 12.4. The monoisotopic (exact) mass is 282 g/mol. The molecule has 0 saturated heterocycles. The summed E-state index contributed by atoms with van der Waals surface area (Å²) in [5.74, 6) is 0.427. The Bertz CT molecular complexity index is 772. The number of anilines is 1. The minimum atomic E-state index is -0.0403. The number of carbonyl (C=O) groups excluding carboxylic acids is 1. The summed E-state index contributed by atoms with van der Waals surface area (Å²) in [5, 5.41) is 9.87. The predicted octanol–water partition coefficient (Wildman–Crippen LogP) is 1.42. The van der Waals surface area contributed by atoms with Gasteiger partial charge in [0.05, 0.1) is 23.4 Å². The van der Waals surface area contributed by atoms with Crippen LogP contribution in [0.25, 0.3) is 11.0 Å². The van der Waals surface area contributed by atoms with Crippen LogP contribution in [0.1, 0.15) is 17.7 Å². The van der Waals surface area contributed by atoms with Gasteiger partial charge >= 0.3 is 0 Å². The van der Waals surface area contributed by atoms with Gasteiger partial charge in [0.2, 0.25) is 11.9 Å². The zero-order valence-electron chi connectivity index (χ0n) is 11.3. The summed E-state index contributed by atoms with van der Waals surface area (Å²) in [6, 6.07) is 1.81. The van der Waals surface area contributed by atoms with E-state index >= 15 is 0 Å². The number of nitrogens with zero attached hydrogens (tertiary/aromatic N) is 3. The lowest BCUT2D eigenvalue weighted by atomic mass is 9.87. The molecule has 1 atom stereocenters. The number of aromatic amines is 2. The van der Waals surface area contributed by atoms with Crippen molar-refractivity contribution in [2.45, 2.75) is 19.3 Å². The average Bonchev–Trinajstić information content (AvgIpc) is 3.11. The van der Waals surface area contributed by atoms with Gasteiger partial charge in [-0.1, -0.05) is 0 Å². The lowest BCUT2D eigenvalue weighted by molar-refractivity contribution is -0.120. The highest BCUT2D eigenvalue weighted by Crippen LogP contribution is 2.24. The van der Waals surface area contributed by atoms with Crippen LogP contribution in [0.15, 0.2) is 24.7 Å². The lowest BCUT2D eigenvalue weighted by Gasteiger charge is -2.20. The molecule has 7 nitrogen and oxygen atoms in total. The number of hydrogen-bond donors (Lipinski definition) is 3. The fraction of sp³-hybridized carbons (Fsp3) is 0.286. The number of imidazole rings is 1. The Balaban J connectivity index is 1.51. The van der Waals surface area contributed by atoms with Gasteiger partial charge in [-0.25, -0.2) is 4.98 Å². The van der Waals surface area contributed by atoms with Crippen molar-refractivity contribution in [1.29, 1.82) is 0 Å². The zero-order valence-corrected chi connectivity index (χ0v) is 11.3. The smallest absolute Gasteiger partial charge is 0.230 e. The van der Waals surface area contributed by atoms with Crippen LogP contribution in [0.2, 0.25) is 0 Å². The third-order valence-electron chi connectivity index (χ3n) is 3.91. The first-order chi connectivity index (χ1) is 10.3. The molecule has 0 aromatic carbocycles. The van der Waals surface area contributed by atoms with Crippen molar-refractivity contribution in [2.24, 2.45) is 5.92 Å². The molecule has 3 heterocycles. The third-order valence-corrected chi connectivity index (χ3v) is 3.91. The van der Waals surface area contributed by atoms with Crippen molar-refractivity contribution in [3.05, 3.63) is 35.9 Å². The van der Waals surface area contributed by atoms with Gasteiger partial charge in [0.1, 0.15) is 0 Å². The Morgan fingerprint density at radius 2 is 2.33 bits per heavy atom. The molecular weight excluding hydrogens is 268 g/mol. The van der Waals surface area contributed by atoms with E-state index in [1.807, 2.05) is 6.20 Å². The summed E-state index contributed by atoms with van der Waals surface area (Å²) in [5.41, 5.74) is 3.89. The molecule has 3 N–H and O–H groups in total. The van der Waals surface area contributed by atoms with Crippen molar-refractivity contribution in [3.8, 4) is 0 Å². The summed E-state index contributed by atoms with van der Waals surface area (Å²) >= 11 is 0. The number of aryl methyl sites for hydroxylation is 1. The summed E-state index contributed by atoms with van der Waals surface area (Å²) < 4.78 is 0. The van der Waals surface area contributed by atoms with E-state index in [0.29, 0.717) is 5.95 Å². The fourth-order valence-corrected chi connectivity index (χ4v) is 2.77. The second-order valence-corrected chi connectivity index (χ2v) is 5.28. The topological polar surface area (TPSA) is 99.4 Å². The summed E-state index contributed by atoms with van der Waals surface area (Å²) in [7, 11) is 0. The largest absolute Gasteiger partial charge is 0.323 e. The highest BCUT2D eigenvalue weighted by atomic mass is 16.2. The lowest BCUT2D eigenvalue weighted by Crippen LogP contribution is -2.28. The van der Waals surface area contributed by atoms with E-state index in [4.69, 9.17) is 0 Å². The van der Waals surface area contributed by atoms with Crippen LogP contribution in [-0.2, 0) is 17.6 Å². The van der Waals surface area contributed by atoms with Crippen LogP contribution < -0.4 is 5.32 Å². The molecule has 7 heteroatoms. The molecule has 4 rings (SSSR count). The van der Waals surface area contributed by atoms with E-state index in [0.717, 1.165) is 41.6 Å². The molecule has 0 spiro atoms. The predicted molar refractivity (Wildman–Crippen MR) is 76.6 cm³/mol. The van der Waals surface area contributed by atoms with Crippen molar-refractivity contribution in [3.63, 3.8) is 0 Å². The van der Waals surface area contributed by atoms with E-state index in [1.54, 1.807) is 18.5 Å². The van der Waals surface area contributed by atoms with Gasteiger partial charge in [-0.2, -0.15) is 5.10 Å². The van der Waals surface area contributed by atoms with Crippen molar-refractivity contribution >= 4 is 22.9 Å². The zero-order chi connectivity index (χ0) is 14.2. The first-order valence-electron chi connectivity index (χ1n) is 6.91. The number of hydrogen-bond acceptors (Lipinski definition) is 4. The number of rotatable bonds is 2. The minimum Gasteiger partial charge on any atom is -0.323 e. The highest BCUT2D eigenvalue weighted by Gasteiger charge is 2.26. The first-order valence-corrected chi connectivity index (χ1v) is 6.91.